The van der Waals surface area contributed by atoms with Gasteiger partial charge in [-0.05, 0) is 42.2 Å². The molecule has 10 nitrogen and oxygen atoms in total. The van der Waals surface area contributed by atoms with Gasteiger partial charge in [-0.2, -0.15) is 0 Å². The van der Waals surface area contributed by atoms with Crippen molar-refractivity contribution in [3.8, 4) is 23.0 Å². The Kier molecular flexibility index (Phi) is 8.27. The number of carboxylic acids is 1. The molecule has 0 unspecified atom stereocenters. The number of esters is 1. The van der Waals surface area contributed by atoms with Crippen molar-refractivity contribution in [3.63, 3.8) is 0 Å². The Hall–Kier alpha value is -3.76. The number of carbonyl (C=O) groups is 2. The molecule has 0 heterocycles. The van der Waals surface area contributed by atoms with Gasteiger partial charge in [0.15, 0.2) is 23.0 Å². The van der Waals surface area contributed by atoms with Crippen molar-refractivity contribution >= 4 is 18.0 Å². The molecule has 33 heavy (non-hydrogen) atoms. The van der Waals surface area contributed by atoms with E-state index in [-0.39, 0.29) is 41.9 Å². The molecule has 0 amide bonds. The lowest BCUT2D eigenvalue weighted by Crippen LogP contribution is -2.45. The van der Waals surface area contributed by atoms with Crippen LogP contribution in [0.1, 0.15) is 35.6 Å². The maximum atomic E-state index is 12.4. The van der Waals surface area contributed by atoms with Gasteiger partial charge in [-0.15, -0.1) is 0 Å². The largest absolute Gasteiger partial charge is 0.504 e. The number of aliphatic hydroxyl groups excluding tert-OH is 2. The second-order valence-electron chi connectivity index (χ2n) is 7.33. The summed E-state index contributed by atoms with van der Waals surface area (Å²) in [6.07, 6.45) is 1.59. The summed E-state index contributed by atoms with van der Waals surface area (Å²) in [6.45, 7) is 0.414. The van der Waals surface area contributed by atoms with Gasteiger partial charge in [0.25, 0.3) is 0 Å². The van der Waals surface area contributed by atoms with Crippen LogP contribution in [0.4, 0.5) is 0 Å². The van der Waals surface area contributed by atoms with Gasteiger partial charge in [0.1, 0.15) is 0 Å². The summed E-state index contributed by atoms with van der Waals surface area (Å²) in [7, 11) is 0. The third-order valence-corrected chi connectivity index (χ3v) is 5.23. The quantitative estimate of drug-likeness (QED) is 0.155. The Morgan fingerprint density at radius 2 is 1.70 bits per heavy atom. The topological polar surface area (TPSA) is 185 Å². The number of carbonyl (C=O) groups excluding carboxylic acids is 1. The lowest BCUT2D eigenvalue weighted by atomic mass is 9.87. The van der Waals surface area contributed by atoms with Crippen molar-refractivity contribution in [1.29, 1.82) is 0 Å². The fraction of sp³-hybridized carbons (Fsp3) is 0.304. The molecule has 0 fully saturated rings. The van der Waals surface area contributed by atoms with E-state index >= 15 is 0 Å². The van der Waals surface area contributed by atoms with Gasteiger partial charge < -0.3 is 40.5 Å². The monoisotopic (exact) mass is 462 g/mol. The molecule has 0 aromatic heterocycles. The molecule has 0 aliphatic carbocycles. The molecule has 1 atom stereocenters. The second kappa shape index (κ2) is 10.7. The summed E-state index contributed by atoms with van der Waals surface area (Å²) < 4.78 is 5.29. The van der Waals surface area contributed by atoms with Crippen LogP contribution >= 0.6 is 0 Å². The molecule has 10 heteroatoms. The molecule has 0 aliphatic heterocycles. The fourth-order valence-corrected chi connectivity index (χ4v) is 3.30. The highest BCUT2D eigenvalue weighted by molar-refractivity contribution is 5.90. The number of hydrogen-bond acceptors (Lipinski definition) is 9. The van der Waals surface area contributed by atoms with Crippen LogP contribution in [0.2, 0.25) is 0 Å². The van der Waals surface area contributed by atoms with E-state index < -0.39 is 47.8 Å². The third kappa shape index (κ3) is 5.73. The molecule has 0 bridgehead atoms. The van der Waals surface area contributed by atoms with E-state index in [1.807, 2.05) is 0 Å². The zero-order valence-corrected chi connectivity index (χ0v) is 17.9. The van der Waals surface area contributed by atoms with Gasteiger partial charge in [-0.3, -0.25) is 0 Å². The van der Waals surface area contributed by atoms with E-state index in [1.165, 1.54) is 37.3 Å². The molecule has 178 valence electrons. The molecule has 0 radical (unpaired) electrons. The minimum Gasteiger partial charge on any atom is -0.504 e. The van der Waals surface area contributed by atoms with E-state index in [4.69, 9.17) is 4.74 Å². The average Bonchev–Trinajstić information content (AvgIpc) is 2.77. The summed E-state index contributed by atoms with van der Waals surface area (Å²) >= 11 is 0. The third-order valence-electron chi connectivity index (χ3n) is 5.23. The van der Waals surface area contributed by atoms with Gasteiger partial charge in [-0.25, -0.2) is 9.59 Å². The number of rotatable bonds is 10. The first-order valence-corrected chi connectivity index (χ1v) is 10.0. The van der Waals surface area contributed by atoms with Crippen LogP contribution in [0.25, 0.3) is 6.08 Å². The molecule has 2 aromatic rings. The Bertz CT molecular complexity index is 1060. The van der Waals surface area contributed by atoms with Crippen LogP contribution in [-0.2, 0) is 33.8 Å². The summed E-state index contributed by atoms with van der Waals surface area (Å²) in [5.74, 6) is -4.40. The first-order valence-electron chi connectivity index (χ1n) is 10.0. The number of carboxylic acid groups (broad SMARTS) is 1. The second-order valence-corrected chi connectivity index (χ2v) is 7.33. The van der Waals surface area contributed by atoms with E-state index in [2.05, 4.69) is 0 Å². The zero-order chi connectivity index (χ0) is 24.8. The van der Waals surface area contributed by atoms with Crippen molar-refractivity contribution in [2.75, 3.05) is 6.61 Å². The smallest absolute Gasteiger partial charge is 0.348 e. The highest BCUT2D eigenvalue weighted by atomic mass is 16.6. The van der Waals surface area contributed by atoms with Crippen LogP contribution in [0, 0.1) is 0 Å². The van der Waals surface area contributed by atoms with Crippen LogP contribution in [-0.4, -0.2) is 59.9 Å². The molecule has 2 rings (SSSR count). The Balaban J connectivity index is 2.39. The molecule has 2 aromatic carbocycles. The number of ether oxygens (including phenoxy) is 1. The minimum atomic E-state index is -2.07. The maximum absolute atomic E-state index is 12.4. The van der Waals surface area contributed by atoms with Crippen LogP contribution in [0.15, 0.2) is 30.3 Å². The van der Waals surface area contributed by atoms with Gasteiger partial charge >= 0.3 is 11.9 Å². The molecule has 0 spiro atoms. The van der Waals surface area contributed by atoms with Gasteiger partial charge in [0.2, 0.25) is 5.60 Å². The molecular formula is C23H26O10. The van der Waals surface area contributed by atoms with Crippen LogP contribution < -0.4 is 0 Å². The van der Waals surface area contributed by atoms with Gasteiger partial charge in [0.05, 0.1) is 6.61 Å². The lowest BCUT2D eigenvalue weighted by Gasteiger charge is -2.29. The van der Waals surface area contributed by atoms with Gasteiger partial charge in [0, 0.05) is 30.2 Å². The van der Waals surface area contributed by atoms with Crippen LogP contribution in [0.5, 0.6) is 23.0 Å². The number of benzene rings is 2. The predicted molar refractivity (Wildman–Crippen MR) is 116 cm³/mol. The highest BCUT2D eigenvalue weighted by Crippen LogP contribution is 2.38. The van der Waals surface area contributed by atoms with E-state index in [9.17, 15) is 45.3 Å². The number of phenolic OH excluding ortho intramolecular Hbond substituents is 3. The Labute approximate surface area is 189 Å². The lowest BCUT2D eigenvalue weighted by molar-refractivity contribution is -0.175. The standard InChI is InChI=1S/C23H26O10/c1-2-23(22(31)32,33-19(28)6-4-13-3-5-17(26)18(27)9-13)11-15-10-14(7-8-24)20(29)21(30)16(15)12-25/h3-6,9-10,24-27,29-30H,2,7-8,11-12H2,1H3,(H,31,32)/t23-/m1/s1. The summed E-state index contributed by atoms with van der Waals surface area (Å²) in [5.41, 5.74) is -1.59. The zero-order valence-electron chi connectivity index (χ0n) is 17.9. The number of phenols is 4. The fourth-order valence-electron chi connectivity index (χ4n) is 3.30. The maximum Gasteiger partial charge on any atom is 0.348 e. The van der Waals surface area contributed by atoms with Crippen LogP contribution in [0.3, 0.4) is 0 Å². The van der Waals surface area contributed by atoms with Crippen molar-refractivity contribution in [2.24, 2.45) is 0 Å². The minimum absolute atomic E-state index is 0.0354. The number of aliphatic carboxylic acids is 1. The SMILES string of the molecule is CC[C@](Cc1cc(CCO)c(O)c(O)c1CO)(OC(=O)C=Cc1ccc(O)c(O)c1)C(=O)O. The molecule has 0 aliphatic rings. The normalized spacial score (nSPS) is 13.1. The van der Waals surface area contributed by atoms with Crippen molar-refractivity contribution in [3.05, 3.63) is 52.6 Å². The van der Waals surface area contributed by atoms with Crippen molar-refractivity contribution < 1.29 is 50.1 Å². The average molecular weight is 462 g/mol. The van der Waals surface area contributed by atoms with E-state index in [0.717, 1.165) is 6.08 Å². The molecule has 0 saturated carbocycles. The van der Waals surface area contributed by atoms with Crippen molar-refractivity contribution in [2.45, 2.75) is 38.4 Å². The Morgan fingerprint density at radius 3 is 2.24 bits per heavy atom. The van der Waals surface area contributed by atoms with Crippen molar-refractivity contribution in [1.82, 2.24) is 0 Å². The number of hydrogen-bond donors (Lipinski definition) is 7. The molecule has 0 saturated heterocycles. The Morgan fingerprint density at radius 1 is 1.00 bits per heavy atom. The van der Waals surface area contributed by atoms with Gasteiger partial charge in [-0.1, -0.05) is 19.1 Å². The number of aromatic hydroxyl groups is 4. The molecular weight excluding hydrogens is 436 g/mol. The molecule has 7 N–H and O–H groups in total. The highest BCUT2D eigenvalue weighted by Gasteiger charge is 2.42. The first-order chi connectivity index (χ1) is 15.6. The van der Waals surface area contributed by atoms with E-state index in [0.29, 0.717) is 5.56 Å². The predicted octanol–water partition coefficient (Wildman–Crippen LogP) is 1.57. The van der Waals surface area contributed by atoms with E-state index in [1.54, 1.807) is 0 Å². The number of aliphatic hydroxyl groups is 2. The summed E-state index contributed by atoms with van der Waals surface area (Å²) in [4.78, 5) is 24.6. The summed E-state index contributed by atoms with van der Waals surface area (Å²) in [6, 6.07) is 5.16. The first kappa shape index (κ1) is 25.5. The summed E-state index contributed by atoms with van der Waals surface area (Å²) in [5, 5.41) is 67.9.